The van der Waals surface area contributed by atoms with Gasteiger partial charge in [-0.05, 0) is 68.4 Å². The molecule has 10 heteroatoms. The summed E-state index contributed by atoms with van der Waals surface area (Å²) in [6.07, 6.45) is 2.76. The molecule has 0 aliphatic carbocycles. The summed E-state index contributed by atoms with van der Waals surface area (Å²) in [5, 5.41) is 5.76. The maximum Gasteiger partial charge on any atom is 0.407 e. The minimum Gasteiger partial charge on any atom is -0.445 e. The molecule has 0 aromatic heterocycles. The number of piperazine rings is 1. The van der Waals surface area contributed by atoms with Crippen LogP contribution in [0.5, 0.6) is 0 Å². The number of para-hydroxylation sites is 2. The number of alkyl carbamates (subject to hydrolysis) is 1. The molecule has 1 spiro atoms. The van der Waals surface area contributed by atoms with Crippen LogP contribution in [-0.2, 0) is 20.9 Å². The van der Waals surface area contributed by atoms with Crippen LogP contribution >= 0.6 is 0 Å². The first-order chi connectivity index (χ1) is 22.4. The van der Waals surface area contributed by atoms with Crippen molar-refractivity contribution in [2.75, 3.05) is 31.1 Å². The van der Waals surface area contributed by atoms with E-state index in [0.717, 1.165) is 23.4 Å². The van der Waals surface area contributed by atoms with Crippen LogP contribution in [0.3, 0.4) is 0 Å². The van der Waals surface area contributed by atoms with Crippen LogP contribution in [0, 0.1) is 0 Å². The Morgan fingerprint density at radius 3 is 2.07 bits per heavy atom. The summed E-state index contributed by atoms with van der Waals surface area (Å²) in [6, 6.07) is 27.7. The first kappa shape index (κ1) is 32.5. The van der Waals surface area contributed by atoms with E-state index in [1.54, 1.807) is 14.7 Å². The van der Waals surface area contributed by atoms with Gasteiger partial charge in [0.05, 0.1) is 11.4 Å². The van der Waals surface area contributed by atoms with Gasteiger partial charge in [-0.25, -0.2) is 9.59 Å². The van der Waals surface area contributed by atoms with Gasteiger partial charge in [-0.1, -0.05) is 73.7 Å². The molecule has 2 aliphatic heterocycles. The van der Waals surface area contributed by atoms with Gasteiger partial charge in [0.2, 0.25) is 11.8 Å². The first-order valence-electron chi connectivity index (χ1n) is 16.2. The lowest BCUT2D eigenvalue weighted by Crippen LogP contribution is -2.73. The summed E-state index contributed by atoms with van der Waals surface area (Å²) in [6.45, 7) is 3.80. The predicted molar refractivity (Wildman–Crippen MR) is 176 cm³/mol. The Hall–Kier alpha value is -4.86. The minimum atomic E-state index is -0.977. The summed E-state index contributed by atoms with van der Waals surface area (Å²) < 4.78 is 5.25. The molecule has 0 unspecified atom stereocenters. The van der Waals surface area contributed by atoms with Crippen LogP contribution < -0.4 is 15.5 Å². The number of rotatable bonds is 11. The second kappa shape index (κ2) is 15.4. The number of amides is 5. The molecule has 5 rings (SSSR count). The minimum absolute atomic E-state index is 0.0772. The fourth-order valence-electron chi connectivity index (χ4n) is 6.29. The second-order valence-electron chi connectivity index (χ2n) is 11.8. The quantitative estimate of drug-likeness (QED) is 0.269. The van der Waals surface area contributed by atoms with Crippen LogP contribution in [0.15, 0.2) is 91.0 Å². The van der Waals surface area contributed by atoms with Crippen molar-refractivity contribution < 1.29 is 23.9 Å². The van der Waals surface area contributed by atoms with Crippen molar-refractivity contribution in [3.8, 4) is 0 Å². The predicted octanol–water partition coefficient (Wildman–Crippen LogP) is 5.61. The SMILES string of the molecule is CCCN1C(=O)[C@H](CCCCNC(=O)OCc2ccccc2)NC(=O)C12CCN(C(=O)N(c1ccccc1)c1ccccc1)CC2. The number of anilines is 2. The molecular formula is C36H43N5O5. The topological polar surface area (TPSA) is 111 Å². The van der Waals surface area contributed by atoms with E-state index in [9.17, 15) is 19.2 Å². The van der Waals surface area contributed by atoms with E-state index in [-0.39, 0.29) is 24.5 Å². The van der Waals surface area contributed by atoms with Crippen LogP contribution in [0.1, 0.15) is 51.0 Å². The molecule has 3 aromatic rings. The van der Waals surface area contributed by atoms with E-state index in [2.05, 4.69) is 10.6 Å². The molecule has 46 heavy (non-hydrogen) atoms. The molecular weight excluding hydrogens is 582 g/mol. The number of benzene rings is 3. The summed E-state index contributed by atoms with van der Waals surface area (Å²) in [5.41, 5.74) is 1.46. The zero-order valence-electron chi connectivity index (χ0n) is 26.4. The highest BCUT2D eigenvalue weighted by Crippen LogP contribution is 2.35. The molecule has 242 valence electrons. The van der Waals surface area contributed by atoms with E-state index >= 15 is 0 Å². The van der Waals surface area contributed by atoms with Gasteiger partial charge >= 0.3 is 12.1 Å². The van der Waals surface area contributed by atoms with Crippen LogP contribution in [-0.4, -0.2) is 71.5 Å². The zero-order chi connectivity index (χ0) is 32.4. The fourth-order valence-corrected chi connectivity index (χ4v) is 6.29. The van der Waals surface area contributed by atoms with Gasteiger partial charge < -0.3 is 25.2 Å². The second-order valence-corrected chi connectivity index (χ2v) is 11.8. The van der Waals surface area contributed by atoms with Crippen molar-refractivity contribution in [3.05, 3.63) is 96.6 Å². The monoisotopic (exact) mass is 625 g/mol. The average molecular weight is 626 g/mol. The van der Waals surface area contributed by atoms with E-state index in [4.69, 9.17) is 4.74 Å². The third kappa shape index (κ3) is 7.50. The molecule has 2 saturated heterocycles. The van der Waals surface area contributed by atoms with Gasteiger partial charge in [0.15, 0.2) is 0 Å². The highest BCUT2D eigenvalue weighted by Gasteiger charge is 2.53. The summed E-state index contributed by atoms with van der Waals surface area (Å²) in [7, 11) is 0. The third-order valence-corrected chi connectivity index (χ3v) is 8.74. The lowest BCUT2D eigenvalue weighted by Gasteiger charge is -2.52. The molecule has 3 aromatic carbocycles. The smallest absolute Gasteiger partial charge is 0.407 e. The van der Waals surface area contributed by atoms with Gasteiger partial charge in [0.1, 0.15) is 18.2 Å². The molecule has 1 atom stereocenters. The Bertz CT molecular complexity index is 1420. The first-order valence-corrected chi connectivity index (χ1v) is 16.2. The number of carbonyl (C=O) groups is 4. The number of urea groups is 1. The number of carbonyl (C=O) groups excluding carboxylic acids is 4. The number of likely N-dealkylation sites (tertiary alicyclic amines) is 1. The van der Waals surface area contributed by atoms with Crippen molar-refractivity contribution in [1.29, 1.82) is 0 Å². The summed E-state index contributed by atoms with van der Waals surface area (Å²) in [5.74, 6) is -0.227. The third-order valence-electron chi connectivity index (χ3n) is 8.74. The molecule has 2 fully saturated rings. The fraction of sp³-hybridized carbons (Fsp3) is 0.389. The maximum atomic E-state index is 13.9. The van der Waals surface area contributed by atoms with Gasteiger partial charge in [-0.15, -0.1) is 0 Å². The molecule has 2 N–H and O–H groups in total. The van der Waals surface area contributed by atoms with Crippen molar-refractivity contribution in [2.24, 2.45) is 0 Å². The largest absolute Gasteiger partial charge is 0.445 e. The average Bonchev–Trinajstić information content (AvgIpc) is 3.09. The Morgan fingerprint density at radius 2 is 1.48 bits per heavy atom. The van der Waals surface area contributed by atoms with Crippen LogP contribution in [0.25, 0.3) is 0 Å². The van der Waals surface area contributed by atoms with Gasteiger partial charge in [0, 0.05) is 26.2 Å². The molecule has 0 saturated carbocycles. The van der Waals surface area contributed by atoms with Crippen LogP contribution in [0.4, 0.5) is 21.0 Å². The van der Waals surface area contributed by atoms with E-state index in [1.165, 1.54) is 0 Å². The summed E-state index contributed by atoms with van der Waals surface area (Å²) in [4.78, 5) is 58.7. The maximum absolute atomic E-state index is 13.9. The van der Waals surface area contributed by atoms with Crippen molar-refractivity contribution in [3.63, 3.8) is 0 Å². The number of nitrogens with zero attached hydrogens (tertiary/aromatic N) is 3. The number of unbranched alkanes of at least 4 members (excludes halogenated alkanes) is 1. The Kier molecular flexibility index (Phi) is 10.9. The summed E-state index contributed by atoms with van der Waals surface area (Å²) >= 11 is 0. The van der Waals surface area contributed by atoms with Crippen molar-refractivity contribution in [2.45, 2.75) is 63.6 Å². The van der Waals surface area contributed by atoms with E-state index < -0.39 is 17.7 Å². The number of nitrogens with one attached hydrogen (secondary N) is 2. The molecule has 10 nitrogen and oxygen atoms in total. The molecule has 2 aliphatic rings. The van der Waals surface area contributed by atoms with Gasteiger partial charge in [-0.3, -0.25) is 14.5 Å². The van der Waals surface area contributed by atoms with Crippen molar-refractivity contribution >= 4 is 35.3 Å². The Labute approximate surface area is 270 Å². The molecule has 2 heterocycles. The molecule has 0 bridgehead atoms. The lowest BCUT2D eigenvalue weighted by molar-refractivity contribution is -0.161. The van der Waals surface area contributed by atoms with Crippen LogP contribution in [0.2, 0.25) is 0 Å². The number of ether oxygens (including phenoxy) is 1. The lowest BCUT2D eigenvalue weighted by atomic mass is 9.81. The standard InChI is InChI=1S/C36H43N5O5/c1-2-24-40-32(42)31(20-12-13-23-37-34(44)46-27-28-14-6-3-7-15-28)38-33(43)36(40)21-25-39(26-22-36)35(45)41(29-16-8-4-9-17-29)30-18-10-5-11-19-30/h3-11,14-19,31H,2,12-13,20-27H2,1H3,(H,37,44)(H,38,43)/t31-/m0/s1. The zero-order valence-corrected chi connectivity index (χ0v) is 26.4. The molecule has 0 radical (unpaired) electrons. The molecule has 5 amide bonds. The Morgan fingerprint density at radius 1 is 0.891 bits per heavy atom. The van der Waals surface area contributed by atoms with Crippen molar-refractivity contribution in [1.82, 2.24) is 20.4 Å². The Balaban J connectivity index is 1.15. The van der Waals surface area contributed by atoms with Gasteiger partial charge in [-0.2, -0.15) is 0 Å². The number of hydrogen-bond acceptors (Lipinski definition) is 5. The number of piperidine rings is 1. The normalized spacial score (nSPS) is 17.4. The van der Waals surface area contributed by atoms with E-state index in [0.29, 0.717) is 58.3 Å². The highest BCUT2D eigenvalue weighted by molar-refractivity contribution is 6.01. The number of hydrogen-bond donors (Lipinski definition) is 2. The van der Waals surface area contributed by atoms with E-state index in [1.807, 2.05) is 97.9 Å². The highest BCUT2D eigenvalue weighted by atomic mass is 16.5. The van der Waals surface area contributed by atoms with Gasteiger partial charge in [0.25, 0.3) is 0 Å².